The Morgan fingerprint density at radius 3 is 2.50 bits per heavy atom. The predicted molar refractivity (Wildman–Crippen MR) is 83.7 cm³/mol. The van der Waals surface area contributed by atoms with Crippen LogP contribution in [0.2, 0.25) is 0 Å². The van der Waals surface area contributed by atoms with E-state index >= 15 is 0 Å². The van der Waals surface area contributed by atoms with Crippen LogP contribution >= 0.6 is 0 Å². The van der Waals surface area contributed by atoms with Crippen LogP contribution in [0.4, 0.5) is 10.1 Å². The first-order valence-corrected chi connectivity index (χ1v) is 7.67. The van der Waals surface area contributed by atoms with E-state index in [2.05, 4.69) is 44.0 Å². The molecule has 0 spiro atoms. The maximum absolute atomic E-state index is 13.9. The summed E-state index contributed by atoms with van der Waals surface area (Å²) in [6.07, 6.45) is 0. The molecule has 1 aliphatic heterocycles. The van der Waals surface area contributed by atoms with Crippen LogP contribution in [0.15, 0.2) is 18.2 Å². The van der Waals surface area contributed by atoms with Crippen molar-refractivity contribution in [3.05, 3.63) is 29.6 Å². The summed E-state index contributed by atoms with van der Waals surface area (Å²) < 4.78 is 13.9. The first-order valence-electron chi connectivity index (χ1n) is 7.67. The van der Waals surface area contributed by atoms with Crippen molar-refractivity contribution in [2.24, 2.45) is 11.8 Å². The van der Waals surface area contributed by atoms with Crippen molar-refractivity contribution < 1.29 is 4.39 Å². The third kappa shape index (κ3) is 2.98. The predicted octanol–water partition coefficient (Wildman–Crippen LogP) is 3.59. The van der Waals surface area contributed by atoms with Crippen molar-refractivity contribution in [2.45, 2.75) is 46.7 Å². The minimum Gasteiger partial charge on any atom is -0.365 e. The molecule has 2 rings (SSSR count). The molecule has 112 valence electrons. The van der Waals surface area contributed by atoms with E-state index in [4.69, 9.17) is 0 Å². The SMILES string of the molecule is Cc1c(F)cccc1N1CC(C(C)C)NCC1C(C)C. The van der Waals surface area contributed by atoms with Crippen LogP contribution < -0.4 is 10.2 Å². The van der Waals surface area contributed by atoms with Crippen LogP contribution in [0.5, 0.6) is 0 Å². The molecule has 2 unspecified atom stereocenters. The average molecular weight is 278 g/mol. The lowest BCUT2D eigenvalue weighted by atomic mass is 9.93. The highest BCUT2D eigenvalue weighted by molar-refractivity contribution is 5.55. The maximum atomic E-state index is 13.9. The lowest BCUT2D eigenvalue weighted by Gasteiger charge is -2.45. The van der Waals surface area contributed by atoms with Gasteiger partial charge in [-0.25, -0.2) is 4.39 Å². The second-order valence-electron chi connectivity index (χ2n) is 6.61. The second kappa shape index (κ2) is 6.13. The Morgan fingerprint density at radius 1 is 1.20 bits per heavy atom. The van der Waals surface area contributed by atoms with E-state index < -0.39 is 0 Å². The fourth-order valence-corrected chi connectivity index (χ4v) is 3.02. The van der Waals surface area contributed by atoms with Crippen LogP contribution in [0.3, 0.4) is 0 Å². The zero-order chi connectivity index (χ0) is 14.9. The molecular formula is C17H27FN2. The van der Waals surface area contributed by atoms with Crippen molar-refractivity contribution in [1.29, 1.82) is 0 Å². The van der Waals surface area contributed by atoms with Gasteiger partial charge in [0.05, 0.1) is 0 Å². The van der Waals surface area contributed by atoms with Gasteiger partial charge in [0.1, 0.15) is 5.82 Å². The molecule has 3 heteroatoms. The summed E-state index contributed by atoms with van der Waals surface area (Å²) in [5, 5.41) is 3.65. The van der Waals surface area contributed by atoms with Crippen LogP contribution in [0.1, 0.15) is 33.3 Å². The number of anilines is 1. The number of nitrogens with one attached hydrogen (secondary N) is 1. The number of piperazine rings is 1. The molecule has 1 fully saturated rings. The number of benzene rings is 1. The second-order valence-corrected chi connectivity index (χ2v) is 6.61. The van der Waals surface area contributed by atoms with Gasteiger partial charge in [-0.05, 0) is 30.9 Å². The molecule has 0 saturated carbocycles. The first-order chi connectivity index (χ1) is 9.41. The van der Waals surface area contributed by atoms with E-state index in [1.54, 1.807) is 6.07 Å². The Bertz CT molecular complexity index is 456. The third-order valence-electron chi connectivity index (χ3n) is 4.51. The van der Waals surface area contributed by atoms with Crippen molar-refractivity contribution in [1.82, 2.24) is 5.32 Å². The topological polar surface area (TPSA) is 15.3 Å². The molecule has 1 saturated heterocycles. The molecule has 1 aromatic rings. The van der Waals surface area contributed by atoms with Crippen molar-refractivity contribution in [2.75, 3.05) is 18.0 Å². The lowest BCUT2D eigenvalue weighted by Crippen LogP contribution is -2.60. The first kappa shape index (κ1) is 15.3. The van der Waals surface area contributed by atoms with Crippen molar-refractivity contribution in [3.63, 3.8) is 0 Å². The number of halogens is 1. The molecule has 2 nitrogen and oxygen atoms in total. The summed E-state index contributed by atoms with van der Waals surface area (Å²) in [7, 11) is 0. The van der Waals surface area contributed by atoms with E-state index in [1.165, 1.54) is 0 Å². The van der Waals surface area contributed by atoms with Crippen LogP contribution in [0.25, 0.3) is 0 Å². The largest absolute Gasteiger partial charge is 0.365 e. The molecule has 20 heavy (non-hydrogen) atoms. The van der Waals surface area contributed by atoms with Gasteiger partial charge in [0.25, 0.3) is 0 Å². The molecule has 2 atom stereocenters. The van der Waals surface area contributed by atoms with E-state index in [0.29, 0.717) is 23.9 Å². The lowest BCUT2D eigenvalue weighted by molar-refractivity contribution is 0.295. The quantitative estimate of drug-likeness (QED) is 0.909. The Hall–Kier alpha value is -1.09. The molecule has 1 N–H and O–H groups in total. The summed E-state index contributed by atoms with van der Waals surface area (Å²) in [6, 6.07) is 6.31. The summed E-state index contributed by atoms with van der Waals surface area (Å²) in [5.74, 6) is 1.02. The number of rotatable bonds is 3. The Balaban J connectivity index is 2.34. The van der Waals surface area contributed by atoms with Crippen molar-refractivity contribution >= 4 is 5.69 Å². The van der Waals surface area contributed by atoms with Gasteiger partial charge in [0.15, 0.2) is 0 Å². The van der Waals surface area contributed by atoms with E-state index in [0.717, 1.165) is 24.3 Å². The number of nitrogens with zero attached hydrogens (tertiary/aromatic N) is 1. The zero-order valence-corrected chi connectivity index (χ0v) is 13.3. The summed E-state index contributed by atoms with van der Waals surface area (Å²) in [5.41, 5.74) is 1.82. The van der Waals surface area contributed by atoms with Gasteiger partial charge >= 0.3 is 0 Å². The van der Waals surface area contributed by atoms with E-state index in [9.17, 15) is 4.39 Å². The molecule has 0 amide bonds. The van der Waals surface area contributed by atoms with Gasteiger partial charge < -0.3 is 10.2 Å². The standard InChI is InChI=1S/C17H27FN2/c1-11(2)15-10-20(17(9-19-15)12(3)4)16-8-6-7-14(18)13(16)5/h6-8,11-12,15,17,19H,9-10H2,1-5H3. The van der Waals surface area contributed by atoms with Crippen molar-refractivity contribution in [3.8, 4) is 0 Å². The van der Waals surface area contributed by atoms with Gasteiger partial charge in [-0.1, -0.05) is 33.8 Å². The monoisotopic (exact) mass is 278 g/mol. The molecular weight excluding hydrogens is 251 g/mol. The molecule has 0 bridgehead atoms. The van der Waals surface area contributed by atoms with E-state index in [1.807, 2.05) is 13.0 Å². The van der Waals surface area contributed by atoms with Gasteiger partial charge in [-0.2, -0.15) is 0 Å². The molecule has 1 aromatic carbocycles. The maximum Gasteiger partial charge on any atom is 0.128 e. The minimum absolute atomic E-state index is 0.107. The van der Waals surface area contributed by atoms with Gasteiger partial charge in [0.2, 0.25) is 0 Å². The molecule has 0 aliphatic carbocycles. The highest BCUT2D eigenvalue weighted by Crippen LogP contribution is 2.29. The van der Waals surface area contributed by atoms with Gasteiger partial charge in [0, 0.05) is 36.4 Å². The van der Waals surface area contributed by atoms with Gasteiger partial charge in [-0.15, -0.1) is 0 Å². The normalized spacial score (nSPS) is 23.7. The van der Waals surface area contributed by atoms with Gasteiger partial charge in [-0.3, -0.25) is 0 Å². The minimum atomic E-state index is -0.107. The highest BCUT2D eigenvalue weighted by Gasteiger charge is 2.32. The smallest absolute Gasteiger partial charge is 0.128 e. The molecule has 0 aromatic heterocycles. The molecule has 1 heterocycles. The Kier molecular flexibility index (Phi) is 4.69. The van der Waals surface area contributed by atoms with Crippen LogP contribution in [-0.2, 0) is 0 Å². The highest BCUT2D eigenvalue weighted by atomic mass is 19.1. The zero-order valence-electron chi connectivity index (χ0n) is 13.3. The van der Waals surface area contributed by atoms with Crippen LogP contribution in [0, 0.1) is 24.6 Å². The number of hydrogen-bond donors (Lipinski definition) is 1. The van der Waals surface area contributed by atoms with Crippen LogP contribution in [-0.4, -0.2) is 25.2 Å². The third-order valence-corrected chi connectivity index (χ3v) is 4.51. The van der Waals surface area contributed by atoms with E-state index in [-0.39, 0.29) is 5.82 Å². The Labute approximate surface area is 122 Å². The fraction of sp³-hybridized carbons (Fsp3) is 0.647. The summed E-state index contributed by atoms with van der Waals surface area (Å²) >= 11 is 0. The number of hydrogen-bond acceptors (Lipinski definition) is 2. The molecule has 1 aliphatic rings. The summed E-state index contributed by atoms with van der Waals surface area (Å²) in [4.78, 5) is 2.41. The molecule has 0 radical (unpaired) electrons. The fourth-order valence-electron chi connectivity index (χ4n) is 3.02. The average Bonchev–Trinajstić information content (AvgIpc) is 2.41. The summed E-state index contributed by atoms with van der Waals surface area (Å²) in [6.45, 7) is 12.8. The Morgan fingerprint density at radius 2 is 1.90 bits per heavy atom.